The maximum Gasteiger partial charge on any atom is 0.330 e. The maximum atomic E-state index is 12.6. The number of aromatic nitrogens is 3. The lowest BCUT2D eigenvalue weighted by atomic mass is 9.92. The van der Waals surface area contributed by atoms with Crippen LogP contribution in [0.2, 0.25) is 0 Å². The van der Waals surface area contributed by atoms with E-state index in [1.54, 1.807) is 19.3 Å². The van der Waals surface area contributed by atoms with Gasteiger partial charge in [-0.1, -0.05) is 13.8 Å². The molecule has 1 aliphatic rings. The molecule has 1 fully saturated rings. The molecule has 0 radical (unpaired) electrons. The fourth-order valence-corrected chi connectivity index (χ4v) is 3.49. The molecule has 3 heterocycles. The molecular formula is C16H22N4O2. The van der Waals surface area contributed by atoms with E-state index >= 15 is 0 Å². The number of piperidine rings is 1. The third-order valence-corrected chi connectivity index (χ3v) is 4.41. The highest BCUT2D eigenvalue weighted by atomic mass is 16.2. The Bertz CT molecular complexity index is 751. The van der Waals surface area contributed by atoms with E-state index < -0.39 is 0 Å². The molecule has 0 saturated carbocycles. The van der Waals surface area contributed by atoms with Gasteiger partial charge in [0.25, 0.3) is 0 Å². The molecule has 1 amide bonds. The predicted octanol–water partition coefficient (Wildman–Crippen LogP) is 1.24. The van der Waals surface area contributed by atoms with Crippen molar-refractivity contribution in [3.05, 3.63) is 28.8 Å². The fourth-order valence-electron chi connectivity index (χ4n) is 3.49. The summed E-state index contributed by atoms with van der Waals surface area (Å²) in [5, 5.41) is 0. The lowest BCUT2D eigenvalue weighted by Crippen LogP contribution is -2.44. The highest BCUT2D eigenvalue weighted by Crippen LogP contribution is 2.21. The summed E-state index contributed by atoms with van der Waals surface area (Å²) >= 11 is 0. The summed E-state index contributed by atoms with van der Waals surface area (Å²) in [6.45, 7) is 5.98. The van der Waals surface area contributed by atoms with E-state index in [2.05, 4.69) is 18.8 Å². The monoisotopic (exact) mass is 302 g/mol. The van der Waals surface area contributed by atoms with E-state index in [0.29, 0.717) is 23.0 Å². The van der Waals surface area contributed by atoms with Crippen LogP contribution in [0.15, 0.2) is 23.1 Å². The zero-order valence-corrected chi connectivity index (χ0v) is 13.3. The van der Waals surface area contributed by atoms with Gasteiger partial charge in [0.2, 0.25) is 5.91 Å². The Morgan fingerprint density at radius 1 is 1.32 bits per heavy atom. The van der Waals surface area contributed by atoms with Crippen LogP contribution in [0.25, 0.3) is 11.2 Å². The zero-order chi connectivity index (χ0) is 15.9. The number of imidazole rings is 1. The Labute approximate surface area is 129 Å². The third-order valence-electron chi connectivity index (χ3n) is 4.41. The van der Waals surface area contributed by atoms with Crippen molar-refractivity contribution in [1.29, 1.82) is 0 Å². The second-order valence-corrected chi connectivity index (χ2v) is 6.52. The fraction of sp³-hybridized carbons (Fsp3) is 0.562. The van der Waals surface area contributed by atoms with Gasteiger partial charge in [-0.25, -0.2) is 9.78 Å². The molecule has 0 bridgehead atoms. The Balaban J connectivity index is 1.89. The largest absolute Gasteiger partial charge is 0.341 e. The maximum absolute atomic E-state index is 12.6. The van der Waals surface area contributed by atoms with Crippen LogP contribution in [0.5, 0.6) is 0 Å². The molecule has 0 aromatic carbocycles. The van der Waals surface area contributed by atoms with Crippen molar-refractivity contribution in [3.8, 4) is 0 Å². The van der Waals surface area contributed by atoms with E-state index in [-0.39, 0.29) is 18.1 Å². The van der Waals surface area contributed by atoms with Crippen LogP contribution in [0.3, 0.4) is 0 Å². The first-order chi connectivity index (χ1) is 10.5. The molecule has 1 aliphatic heterocycles. The summed E-state index contributed by atoms with van der Waals surface area (Å²) in [7, 11) is 1.68. The first-order valence-electron chi connectivity index (χ1n) is 7.75. The lowest BCUT2D eigenvalue weighted by Gasteiger charge is -2.35. The van der Waals surface area contributed by atoms with Crippen LogP contribution in [0.1, 0.15) is 20.3 Å². The average Bonchev–Trinajstić information content (AvgIpc) is 2.72. The quantitative estimate of drug-likeness (QED) is 0.838. The number of carbonyl (C=O) groups is 1. The summed E-state index contributed by atoms with van der Waals surface area (Å²) in [4.78, 5) is 31.1. The zero-order valence-electron chi connectivity index (χ0n) is 13.3. The third kappa shape index (κ3) is 2.53. The predicted molar refractivity (Wildman–Crippen MR) is 84.5 cm³/mol. The number of amides is 1. The van der Waals surface area contributed by atoms with Crippen molar-refractivity contribution >= 4 is 17.1 Å². The van der Waals surface area contributed by atoms with Gasteiger partial charge in [-0.3, -0.25) is 13.9 Å². The Kier molecular flexibility index (Phi) is 3.76. The molecule has 6 heteroatoms. The topological polar surface area (TPSA) is 60.1 Å². The summed E-state index contributed by atoms with van der Waals surface area (Å²) in [5.41, 5.74) is 1.13. The lowest BCUT2D eigenvalue weighted by molar-refractivity contribution is -0.134. The van der Waals surface area contributed by atoms with Crippen LogP contribution in [0.4, 0.5) is 0 Å². The van der Waals surface area contributed by atoms with Gasteiger partial charge < -0.3 is 4.90 Å². The Morgan fingerprint density at radius 3 is 2.68 bits per heavy atom. The van der Waals surface area contributed by atoms with Crippen molar-refractivity contribution in [1.82, 2.24) is 19.0 Å². The summed E-state index contributed by atoms with van der Waals surface area (Å²) in [5.74, 6) is 1.04. The number of hydrogen-bond acceptors (Lipinski definition) is 3. The normalized spacial score (nSPS) is 22.2. The molecular weight excluding hydrogens is 280 g/mol. The van der Waals surface area contributed by atoms with Crippen LogP contribution in [0, 0.1) is 11.8 Å². The molecule has 6 nitrogen and oxygen atoms in total. The number of carbonyl (C=O) groups excluding carboxylic acids is 1. The van der Waals surface area contributed by atoms with Gasteiger partial charge in [0.1, 0.15) is 6.54 Å². The Hall–Kier alpha value is -2.11. The van der Waals surface area contributed by atoms with Crippen LogP contribution >= 0.6 is 0 Å². The van der Waals surface area contributed by atoms with Gasteiger partial charge in [-0.15, -0.1) is 0 Å². The number of likely N-dealkylation sites (tertiary alicyclic amines) is 1. The van der Waals surface area contributed by atoms with E-state index in [4.69, 9.17) is 0 Å². The molecule has 118 valence electrons. The number of hydrogen-bond donors (Lipinski definition) is 0. The van der Waals surface area contributed by atoms with Crippen molar-refractivity contribution in [2.24, 2.45) is 18.9 Å². The van der Waals surface area contributed by atoms with Crippen LogP contribution in [-0.4, -0.2) is 38.0 Å². The van der Waals surface area contributed by atoms with Crippen molar-refractivity contribution in [2.75, 3.05) is 13.1 Å². The molecule has 2 atom stereocenters. The van der Waals surface area contributed by atoms with E-state index in [9.17, 15) is 9.59 Å². The van der Waals surface area contributed by atoms with Gasteiger partial charge in [-0.05, 0) is 30.4 Å². The van der Waals surface area contributed by atoms with E-state index in [1.807, 2.05) is 11.0 Å². The van der Waals surface area contributed by atoms with Crippen molar-refractivity contribution < 1.29 is 4.79 Å². The van der Waals surface area contributed by atoms with Gasteiger partial charge in [0, 0.05) is 26.3 Å². The van der Waals surface area contributed by atoms with Crippen molar-refractivity contribution in [2.45, 2.75) is 26.8 Å². The molecule has 0 spiro atoms. The minimum Gasteiger partial charge on any atom is -0.341 e. The second-order valence-electron chi connectivity index (χ2n) is 6.52. The summed E-state index contributed by atoms with van der Waals surface area (Å²) in [6.07, 6.45) is 2.81. The summed E-state index contributed by atoms with van der Waals surface area (Å²) in [6, 6.07) is 3.62. The van der Waals surface area contributed by atoms with Gasteiger partial charge >= 0.3 is 5.69 Å². The molecule has 0 aliphatic carbocycles. The molecule has 3 rings (SSSR count). The van der Waals surface area contributed by atoms with Crippen LogP contribution in [-0.2, 0) is 18.4 Å². The first kappa shape index (κ1) is 14.8. The number of rotatable bonds is 2. The van der Waals surface area contributed by atoms with E-state index in [1.165, 1.54) is 9.13 Å². The van der Waals surface area contributed by atoms with Crippen LogP contribution < -0.4 is 5.69 Å². The first-order valence-corrected chi connectivity index (χ1v) is 7.75. The molecule has 0 N–H and O–H groups in total. The van der Waals surface area contributed by atoms with Gasteiger partial charge in [0.05, 0.1) is 5.52 Å². The number of pyridine rings is 1. The molecule has 2 aromatic heterocycles. The molecule has 2 aromatic rings. The standard InChI is InChI=1S/C16H22N4O2/c1-11-7-12(2)9-19(8-11)14(21)10-20-13-5-4-6-17-15(13)18(3)16(20)22/h4-6,11-12H,7-10H2,1-3H3. The SMILES string of the molecule is CC1CC(C)CN(C(=O)Cn2c(=O)n(C)c3ncccc32)C1. The average molecular weight is 302 g/mol. The molecule has 2 unspecified atom stereocenters. The molecule has 22 heavy (non-hydrogen) atoms. The minimum atomic E-state index is -0.194. The number of nitrogens with zero attached hydrogens (tertiary/aromatic N) is 4. The minimum absolute atomic E-state index is 0.0110. The highest BCUT2D eigenvalue weighted by Gasteiger charge is 2.26. The number of fused-ring (bicyclic) bond motifs is 1. The highest BCUT2D eigenvalue weighted by molar-refractivity contribution is 5.79. The smallest absolute Gasteiger partial charge is 0.330 e. The number of aryl methyl sites for hydroxylation is 1. The molecule has 1 saturated heterocycles. The van der Waals surface area contributed by atoms with Gasteiger partial charge in [0.15, 0.2) is 5.65 Å². The summed E-state index contributed by atoms with van der Waals surface area (Å²) < 4.78 is 3.01. The van der Waals surface area contributed by atoms with Gasteiger partial charge in [-0.2, -0.15) is 0 Å². The van der Waals surface area contributed by atoms with E-state index in [0.717, 1.165) is 19.5 Å². The second kappa shape index (κ2) is 5.59. The Morgan fingerprint density at radius 2 is 2.00 bits per heavy atom. The van der Waals surface area contributed by atoms with Crippen molar-refractivity contribution in [3.63, 3.8) is 0 Å².